The fraction of sp³-hybridized carbons (Fsp3) is 0.333. The first-order valence-corrected chi connectivity index (χ1v) is 5.92. The van der Waals surface area contributed by atoms with Gasteiger partial charge in [0.2, 0.25) is 11.8 Å². The van der Waals surface area contributed by atoms with E-state index in [1.165, 1.54) is 6.92 Å². The molecule has 0 aromatic heterocycles. The molecule has 18 heavy (non-hydrogen) atoms. The van der Waals surface area contributed by atoms with E-state index in [4.69, 9.17) is 11.6 Å². The van der Waals surface area contributed by atoms with Crippen molar-refractivity contribution < 1.29 is 9.59 Å². The van der Waals surface area contributed by atoms with E-state index in [0.717, 1.165) is 0 Å². The summed E-state index contributed by atoms with van der Waals surface area (Å²) in [6.45, 7) is 2.01. The third-order valence-corrected chi connectivity index (χ3v) is 2.49. The molecule has 0 spiro atoms. The van der Waals surface area contributed by atoms with E-state index in [1.54, 1.807) is 25.2 Å². The highest BCUT2D eigenvalue weighted by molar-refractivity contribution is 6.33. The maximum Gasteiger partial charge on any atom is 0.225 e. The zero-order chi connectivity index (χ0) is 13.5. The monoisotopic (exact) mass is 269 g/mol. The van der Waals surface area contributed by atoms with Crippen molar-refractivity contribution in [2.24, 2.45) is 0 Å². The Balaban J connectivity index is 2.74. The molecule has 1 rings (SSSR count). The van der Waals surface area contributed by atoms with Gasteiger partial charge in [-0.25, -0.2) is 0 Å². The Morgan fingerprint density at radius 2 is 2.00 bits per heavy atom. The number of benzene rings is 1. The van der Waals surface area contributed by atoms with Crippen molar-refractivity contribution in [1.82, 2.24) is 5.32 Å². The SMILES string of the molecule is CNCCC(=O)Nc1cc(NC(C)=O)ccc1Cl. The predicted octanol–water partition coefficient (Wildman–Crippen LogP) is 1.85. The van der Waals surface area contributed by atoms with Crippen LogP contribution in [0.1, 0.15) is 13.3 Å². The lowest BCUT2D eigenvalue weighted by molar-refractivity contribution is -0.116. The van der Waals surface area contributed by atoms with Gasteiger partial charge in [-0.1, -0.05) is 11.6 Å². The normalized spacial score (nSPS) is 9.94. The predicted molar refractivity (Wildman–Crippen MR) is 72.9 cm³/mol. The summed E-state index contributed by atoms with van der Waals surface area (Å²) >= 11 is 5.97. The molecule has 0 aliphatic heterocycles. The number of carbonyl (C=O) groups is 2. The molecule has 3 N–H and O–H groups in total. The molecule has 6 heteroatoms. The zero-order valence-corrected chi connectivity index (χ0v) is 11.1. The van der Waals surface area contributed by atoms with Crippen molar-refractivity contribution in [1.29, 1.82) is 0 Å². The van der Waals surface area contributed by atoms with Crippen molar-refractivity contribution >= 4 is 34.8 Å². The zero-order valence-electron chi connectivity index (χ0n) is 10.3. The standard InChI is InChI=1S/C12H16ClN3O2/c1-8(17)15-9-3-4-10(13)11(7-9)16-12(18)5-6-14-2/h3-4,7,14H,5-6H2,1-2H3,(H,15,17)(H,16,18). The molecule has 1 aromatic rings. The van der Waals surface area contributed by atoms with E-state index >= 15 is 0 Å². The van der Waals surface area contributed by atoms with Crippen LogP contribution in [-0.4, -0.2) is 25.4 Å². The van der Waals surface area contributed by atoms with Crippen LogP contribution >= 0.6 is 11.6 Å². The molecule has 0 unspecified atom stereocenters. The van der Waals surface area contributed by atoms with E-state index in [-0.39, 0.29) is 11.8 Å². The van der Waals surface area contributed by atoms with Gasteiger partial charge >= 0.3 is 0 Å². The van der Waals surface area contributed by atoms with Crippen LogP contribution in [0.5, 0.6) is 0 Å². The van der Waals surface area contributed by atoms with Gasteiger partial charge in [0.1, 0.15) is 0 Å². The number of anilines is 2. The molecular formula is C12H16ClN3O2. The van der Waals surface area contributed by atoms with Crippen LogP contribution in [0.3, 0.4) is 0 Å². The quantitative estimate of drug-likeness (QED) is 0.764. The fourth-order valence-corrected chi connectivity index (χ4v) is 1.52. The van der Waals surface area contributed by atoms with Crippen molar-refractivity contribution in [3.63, 3.8) is 0 Å². The van der Waals surface area contributed by atoms with Gasteiger partial charge in [-0.2, -0.15) is 0 Å². The Labute approximate surface area is 111 Å². The van der Waals surface area contributed by atoms with Gasteiger partial charge in [0.25, 0.3) is 0 Å². The van der Waals surface area contributed by atoms with Crippen LogP contribution in [-0.2, 0) is 9.59 Å². The first-order chi connectivity index (χ1) is 8.52. The first kappa shape index (κ1) is 14.5. The Hall–Kier alpha value is -1.59. The van der Waals surface area contributed by atoms with E-state index in [2.05, 4.69) is 16.0 Å². The number of amides is 2. The van der Waals surface area contributed by atoms with E-state index in [1.807, 2.05) is 0 Å². The van der Waals surface area contributed by atoms with Gasteiger partial charge < -0.3 is 16.0 Å². The third-order valence-electron chi connectivity index (χ3n) is 2.16. The molecule has 0 saturated carbocycles. The minimum Gasteiger partial charge on any atom is -0.326 e. The number of nitrogens with one attached hydrogen (secondary N) is 3. The van der Waals surface area contributed by atoms with E-state index < -0.39 is 0 Å². The van der Waals surface area contributed by atoms with Gasteiger partial charge in [-0.05, 0) is 25.2 Å². The second-order valence-electron chi connectivity index (χ2n) is 3.78. The lowest BCUT2D eigenvalue weighted by Gasteiger charge is -2.09. The Kier molecular flexibility index (Phi) is 5.61. The summed E-state index contributed by atoms with van der Waals surface area (Å²) in [5.41, 5.74) is 1.08. The molecule has 1 aromatic carbocycles. The summed E-state index contributed by atoms with van der Waals surface area (Å²) in [6.07, 6.45) is 0.358. The Morgan fingerprint density at radius 1 is 1.28 bits per heavy atom. The maximum atomic E-state index is 11.6. The molecule has 0 bridgehead atoms. The van der Waals surface area contributed by atoms with Gasteiger partial charge in [-0.3, -0.25) is 9.59 Å². The molecule has 0 fully saturated rings. The van der Waals surface area contributed by atoms with E-state index in [9.17, 15) is 9.59 Å². The average molecular weight is 270 g/mol. The van der Waals surface area contributed by atoms with Gasteiger partial charge in [-0.15, -0.1) is 0 Å². The maximum absolute atomic E-state index is 11.6. The van der Waals surface area contributed by atoms with Crippen LogP contribution in [0, 0.1) is 0 Å². The summed E-state index contributed by atoms with van der Waals surface area (Å²) in [5.74, 6) is -0.309. The molecule has 0 aliphatic rings. The number of carbonyl (C=O) groups excluding carboxylic acids is 2. The minimum absolute atomic E-state index is 0.133. The highest BCUT2D eigenvalue weighted by Gasteiger charge is 2.07. The van der Waals surface area contributed by atoms with Crippen molar-refractivity contribution in [2.75, 3.05) is 24.2 Å². The molecule has 98 valence electrons. The summed E-state index contributed by atoms with van der Waals surface area (Å²) in [6, 6.07) is 4.93. The first-order valence-electron chi connectivity index (χ1n) is 5.54. The number of halogens is 1. The Bertz CT molecular complexity index is 449. The van der Waals surface area contributed by atoms with Crippen LogP contribution in [0.15, 0.2) is 18.2 Å². The fourth-order valence-electron chi connectivity index (χ4n) is 1.35. The lowest BCUT2D eigenvalue weighted by atomic mass is 10.2. The molecular weight excluding hydrogens is 254 g/mol. The van der Waals surface area contributed by atoms with E-state index in [0.29, 0.717) is 29.4 Å². The summed E-state index contributed by atoms with van der Waals surface area (Å²) in [5, 5.41) is 8.64. The molecule has 0 heterocycles. The van der Waals surface area contributed by atoms with Gasteiger partial charge in [0.05, 0.1) is 10.7 Å². The van der Waals surface area contributed by atoms with Crippen molar-refractivity contribution in [3.8, 4) is 0 Å². The van der Waals surface area contributed by atoms with Crippen LogP contribution in [0.25, 0.3) is 0 Å². The largest absolute Gasteiger partial charge is 0.326 e. The second kappa shape index (κ2) is 6.98. The number of rotatable bonds is 5. The number of hydrogen-bond donors (Lipinski definition) is 3. The second-order valence-corrected chi connectivity index (χ2v) is 4.18. The minimum atomic E-state index is -0.176. The molecule has 5 nitrogen and oxygen atoms in total. The molecule has 0 saturated heterocycles. The summed E-state index contributed by atoms with van der Waals surface area (Å²) in [7, 11) is 1.78. The lowest BCUT2D eigenvalue weighted by Crippen LogP contribution is -2.19. The molecule has 0 atom stereocenters. The van der Waals surface area contributed by atoms with Crippen molar-refractivity contribution in [3.05, 3.63) is 23.2 Å². The molecule has 0 aliphatic carbocycles. The summed E-state index contributed by atoms with van der Waals surface area (Å²) < 4.78 is 0. The van der Waals surface area contributed by atoms with Gasteiger partial charge in [0, 0.05) is 25.6 Å². The van der Waals surface area contributed by atoms with Crippen LogP contribution in [0.4, 0.5) is 11.4 Å². The van der Waals surface area contributed by atoms with Crippen LogP contribution < -0.4 is 16.0 Å². The highest BCUT2D eigenvalue weighted by atomic mass is 35.5. The van der Waals surface area contributed by atoms with Gasteiger partial charge in [0.15, 0.2) is 0 Å². The molecule has 2 amide bonds. The Morgan fingerprint density at radius 3 is 2.61 bits per heavy atom. The van der Waals surface area contributed by atoms with Crippen molar-refractivity contribution in [2.45, 2.75) is 13.3 Å². The van der Waals surface area contributed by atoms with Crippen LogP contribution in [0.2, 0.25) is 5.02 Å². The third kappa shape index (κ3) is 4.73. The topological polar surface area (TPSA) is 70.2 Å². The highest BCUT2D eigenvalue weighted by Crippen LogP contribution is 2.25. The smallest absolute Gasteiger partial charge is 0.225 e. The average Bonchev–Trinajstić information content (AvgIpc) is 2.30. The number of hydrogen-bond acceptors (Lipinski definition) is 3. The molecule has 0 radical (unpaired) electrons. The summed E-state index contributed by atoms with van der Waals surface area (Å²) in [4.78, 5) is 22.5.